The first-order chi connectivity index (χ1) is 12.8. The average Bonchev–Trinajstić information content (AvgIpc) is 2.98. The monoisotopic (exact) mass is 372 g/mol. The number of carbonyl (C=O) groups excluding carboxylic acids is 1. The number of hydrogen-bond acceptors (Lipinski definition) is 5. The summed E-state index contributed by atoms with van der Waals surface area (Å²) in [5.74, 6) is 0.684. The van der Waals surface area contributed by atoms with E-state index in [0.29, 0.717) is 17.4 Å². The molecule has 1 unspecified atom stereocenters. The van der Waals surface area contributed by atoms with Crippen LogP contribution < -0.4 is 4.74 Å². The van der Waals surface area contributed by atoms with Gasteiger partial charge in [-0.2, -0.15) is 0 Å². The van der Waals surface area contributed by atoms with E-state index in [1.165, 1.54) is 4.90 Å². The van der Waals surface area contributed by atoms with Gasteiger partial charge in [0, 0.05) is 0 Å². The Labute approximate surface area is 157 Å². The number of ether oxygens (including phenoxy) is 1. The summed E-state index contributed by atoms with van der Waals surface area (Å²) in [4.78, 5) is 25.7. The number of nitrogens with zero attached hydrogens (tertiary/aromatic N) is 4. The molecular weight excluding hydrogens is 348 g/mol. The van der Waals surface area contributed by atoms with Crippen LogP contribution in [0.5, 0.6) is 5.75 Å². The zero-order chi connectivity index (χ0) is 19.7. The second-order valence-corrected chi connectivity index (χ2v) is 7.13. The molecule has 0 spiro atoms. The van der Waals surface area contributed by atoms with Crippen LogP contribution in [-0.4, -0.2) is 49.3 Å². The minimum atomic E-state index is -1.06. The number of aryl methyl sites for hydroxylation is 2. The van der Waals surface area contributed by atoms with Gasteiger partial charge in [0.1, 0.15) is 17.6 Å². The predicted molar refractivity (Wildman–Crippen MR) is 97.5 cm³/mol. The first-order valence-electron chi connectivity index (χ1n) is 8.92. The topological polar surface area (TPSA) is 97.5 Å². The number of carboxylic acids is 1. The molecule has 2 aromatic rings. The summed E-state index contributed by atoms with van der Waals surface area (Å²) in [7, 11) is 0. The molecule has 8 nitrogen and oxygen atoms in total. The maximum Gasteiger partial charge on any atom is 0.328 e. The molecule has 1 aromatic carbocycles. The Hall–Kier alpha value is -2.90. The average molecular weight is 372 g/mol. The predicted octanol–water partition coefficient (Wildman–Crippen LogP) is 1.89. The zero-order valence-electron chi connectivity index (χ0n) is 16.0. The van der Waals surface area contributed by atoms with E-state index in [4.69, 9.17) is 4.74 Å². The van der Waals surface area contributed by atoms with Crippen molar-refractivity contribution < 1.29 is 19.4 Å². The molecule has 0 saturated carbocycles. The summed E-state index contributed by atoms with van der Waals surface area (Å²) in [6, 6.07) is 4.93. The lowest BCUT2D eigenvalue weighted by atomic mass is 10.0. The van der Waals surface area contributed by atoms with Crippen molar-refractivity contribution >= 4 is 11.9 Å². The van der Waals surface area contributed by atoms with Crippen LogP contribution in [0.15, 0.2) is 18.2 Å². The van der Waals surface area contributed by atoms with Crippen molar-refractivity contribution in [3.8, 4) is 5.75 Å². The van der Waals surface area contributed by atoms with E-state index < -0.39 is 12.0 Å². The third-order valence-electron chi connectivity index (χ3n) is 4.80. The third kappa shape index (κ3) is 3.79. The van der Waals surface area contributed by atoms with Gasteiger partial charge in [0.2, 0.25) is 0 Å². The van der Waals surface area contributed by atoms with Crippen LogP contribution in [0.1, 0.15) is 42.5 Å². The molecule has 8 heteroatoms. The second kappa shape index (κ2) is 7.38. The van der Waals surface area contributed by atoms with Crippen molar-refractivity contribution in [2.24, 2.45) is 0 Å². The number of aliphatic carboxylic acids is 1. The summed E-state index contributed by atoms with van der Waals surface area (Å²) >= 11 is 0. The highest BCUT2D eigenvalue weighted by Crippen LogP contribution is 2.28. The molecular formula is C19H24N4O4. The Morgan fingerprint density at radius 3 is 2.70 bits per heavy atom. The molecule has 144 valence electrons. The van der Waals surface area contributed by atoms with Gasteiger partial charge in [-0.15, -0.1) is 10.2 Å². The van der Waals surface area contributed by atoms with Crippen molar-refractivity contribution in [3.05, 3.63) is 41.0 Å². The number of hydrogen-bond donors (Lipinski definition) is 1. The van der Waals surface area contributed by atoms with Crippen LogP contribution in [0.2, 0.25) is 0 Å². The van der Waals surface area contributed by atoms with E-state index in [-0.39, 0.29) is 31.5 Å². The van der Waals surface area contributed by atoms with Gasteiger partial charge in [-0.05, 0) is 37.0 Å². The number of aromatic nitrogens is 3. The first kappa shape index (κ1) is 18.9. The van der Waals surface area contributed by atoms with E-state index in [1.54, 1.807) is 11.5 Å². The van der Waals surface area contributed by atoms with Gasteiger partial charge in [-0.3, -0.25) is 4.79 Å². The molecule has 0 bridgehead atoms. The van der Waals surface area contributed by atoms with Gasteiger partial charge in [-0.1, -0.05) is 26.0 Å². The SMILES string of the molecule is Cc1ccc(C(C)C)c(OCC(=O)N2Cc3nnc(C)n3CC2C(=O)O)c1. The van der Waals surface area contributed by atoms with Gasteiger partial charge in [0.15, 0.2) is 12.4 Å². The molecule has 0 fully saturated rings. The molecule has 1 N–H and O–H groups in total. The minimum Gasteiger partial charge on any atom is -0.483 e. The van der Waals surface area contributed by atoms with Gasteiger partial charge in [0.05, 0.1) is 13.1 Å². The molecule has 0 saturated heterocycles. The quantitative estimate of drug-likeness (QED) is 0.861. The number of fused-ring (bicyclic) bond motifs is 1. The zero-order valence-corrected chi connectivity index (χ0v) is 16.0. The van der Waals surface area contributed by atoms with Crippen LogP contribution in [0, 0.1) is 13.8 Å². The normalized spacial score (nSPS) is 16.3. The maximum atomic E-state index is 12.7. The van der Waals surface area contributed by atoms with Crippen LogP contribution in [-0.2, 0) is 22.7 Å². The number of rotatable bonds is 5. The van der Waals surface area contributed by atoms with Crippen molar-refractivity contribution in [1.29, 1.82) is 0 Å². The van der Waals surface area contributed by atoms with Gasteiger partial charge in [-0.25, -0.2) is 4.79 Å². The molecule has 1 aliphatic rings. The lowest BCUT2D eigenvalue weighted by Crippen LogP contribution is -2.52. The fourth-order valence-electron chi connectivity index (χ4n) is 3.25. The van der Waals surface area contributed by atoms with Crippen LogP contribution in [0.4, 0.5) is 0 Å². The molecule has 2 heterocycles. The molecule has 27 heavy (non-hydrogen) atoms. The van der Waals surface area contributed by atoms with E-state index in [1.807, 2.05) is 25.1 Å². The fourth-order valence-corrected chi connectivity index (χ4v) is 3.25. The van der Waals surface area contributed by atoms with E-state index >= 15 is 0 Å². The molecule has 0 aliphatic carbocycles. The highest BCUT2D eigenvalue weighted by molar-refractivity contribution is 5.84. The largest absolute Gasteiger partial charge is 0.483 e. The summed E-state index contributed by atoms with van der Waals surface area (Å²) in [5.41, 5.74) is 2.05. The Bertz CT molecular complexity index is 875. The number of carboxylic acid groups (broad SMARTS) is 1. The Balaban J connectivity index is 1.77. The molecule has 1 aromatic heterocycles. The van der Waals surface area contributed by atoms with Crippen molar-refractivity contribution in [1.82, 2.24) is 19.7 Å². The van der Waals surface area contributed by atoms with Crippen molar-refractivity contribution in [2.45, 2.75) is 52.7 Å². The lowest BCUT2D eigenvalue weighted by molar-refractivity contribution is -0.153. The highest BCUT2D eigenvalue weighted by atomic mass is 16.5. The minimum absolute atomic E-state index is 0.102. The van der Waals surface area contributed by atoms with Gasteiger partial charge in [0.25, 0.3) is 5.91 Å². The van der Waals surface area contributed by atoms with Crippen molar-refractivity contribution in [3.63, 3.8) is 0 Å². The first-order valence-corrected chi connectivity index (χ1v) is 8.92. The summed E-state index contributed by atoms with van der Waals surface area (Å²) in [6.07, 6.45) is 0. The van der Waals surface area contributed by atoms with Gasteiger partial charge < -0.3 is 19.3 Å². The van der Waals surface area contributed by atoms with Crippen LogP contribution in [0.3, 0.4) is 0 Å². The Morgan fingerprint density at radius 1 is 1.30 bits per heavy atom. The third-order valence-corrected chi connectivity index (χ3v) is 4.80. The van der Waals surface area contributed by atoms with Gasteiger partial charge >= 0.3 is 5.97 Å². The summed E-state index contributed by atoms with van der Waals surface area (Å²) in [5, 5.41) is 17.6. The second-order valence-electron chi connectivity index (χ2n) is 7.13. The van der Waals surface area contributed by atoms with Crippen LogP contribution in [0.25, 0.3) is 0 Å². The molecule has 3 rings (SSSR count). The van der Waals surface area contributed by atoms with Crippen LogP contribution >= 0.6 is 0 Å². The molecule has 0 radical (unpaired) electrons. The molecule has 1 atom stereocenters. The lowest BCUT2D eigenvalue weighted by Gasteiger charge is -2.33. The number of carbonyl (C=O) groups is 2. The van der Waals surface area contributed by atoms with E-state index in [0.717, 1.165) is 11.1 Å². The Kier molecular flexibility index (Phi) is 5.16. The summed E-state index contributed by atoms with van der Waals surface area (Å²) in [6.45, 7) is 7.85. The fraction of sp³-hybridized carbons (Fsp3) is 0.474. The molecule has 1 amide bonds. The van der Waals surface area contributed by atoms with E-state index in [2.05, 4.69) is 24.0 Å². The molecule has 1 aliphatic heterocycles. The maximum absolute atomic E-state index is 12.7. The number of amides is 1. The van der Waals surface area contributed by atoms with E-state index in [9.17, 15) is 14.7 Å². The van der Waals surface area contributed by atoms with Crippen molar-refractivity contribution in [2.75, 3.05) is 6.61 Å². The standard InChI is InChI=1S/C19H24N4O4/c1-11(2)14-6-5-12(3)7-16(14)27-10-18(24)23-9-17-21-20-13(4)22(17)8-15(23)19(25)26/h5-7,11,15H,8-10H2,1-4H3,(H,25,26). The highest BCUT2D eigenvalue weighted by Gasteiger charge is 2.36. The summed E-state index contributed by atoms with van der Waals surface area (Å²) < 4.78 is 7.53. The Morgan fingerprint density at radius 2 is 2.04 bits per heavy atom. The number of benzene rings is 1. The smallest absolute Gasteiger partial charge is 0.328 e.